The molecule has 0 aliphatic carbocycles. The predicted octanol–water partition coefficient (Wildman–Crippen LogP) is 4.10. The van der Waals surface area contributed by atoms with E-state index in [2.05, 4.69) is 0 Å². The van der Waals surface area contributed by atoms with Crippen LogP contribution in [-0.2, 0) is 16.0 Å². The summed E-state index contributed by atoms with van der Waals surface area (Å²) in [6.45, 7) is 0. The van der Waals surface area contributed by atoms with Gasteiger partial charge in [-0.2, -0.15) is 0 Å². The van der Waals surface area contributed by atoms with E-state index in [0.29, 0.717) is 18.6 Å². The number of ether oxygens (including phenoxy) is 2. The Kier molecular flexibility index (Phi) is 6.66. The highest BCUT2D eigenvalue weighted by atomic mass is 35.6. The number of methoxy groups -OCH3 is 2. The van der Waals surface area contributed by atoms with Crippen LogP contribution >= 0.6 is 34.8 Å². The molecule has 20 heavy (non-hydrogen) atoms. The summed E-state index contributed by atoms with van der Waals surface area (Å²) in [5.41, 5.74) is 1.09. The Morgan fingerprint density at radius 2 is 1.80 bits per heavy atom. The van der Waals surface area contributed by atoms with Crippen LogP contribution in [0.3, 0.4) is 0 Å². The van der Waals surface area contributed by atoms with Gasteiger partial charge < -0.3 is 9.47 Å². The van der Waals surface area contributed by atoms with Gasteiger partial charge in [0.2, 0.25) is 5.78 Å². The van der Waals surface area contributed by atoms with Gasteiger partial charge in [-0.3, -0.25) is 4.79 Å². The molecule has 6 heteroatoms. The highest BCUT2D eigenvalue weighted by Crippen LogP contribution is 2.28. The first-order valence-corrected chi connectivity index (χ1v) is 6.99. The Labute approximate surface area is 133 Å². The summed E-state index contributed by atoms with van der Waals surface area (Å²) in [5.74, 6) is 0.647. The minimum absolute atomic E-state index is 0.470. The first-order valence-electron chi connectivity index (χ1n) is 5.85. The van der Waals surface area contributed by atoms with E-state index in [0.717, 1.165) is 11.3 Å². The molecular formula is C14H15Cl3O3. The van der Waals surface area contributed by atoms with Crippen LogP contribution in [0.15, 0.2) is 36.1 Å². The fourth-order valence-electron chi connectivity index (χ4n) is 1.52. The van der Waals surface area contributed by atoms with E-state index < -0.39 is 9.58 Å². The molecule has 0 unspecified atom stereocenters. The van der Waals surface area contributed by atoms with Gasteiger partial charge in [0.05, 0.1) is 20.0 Å². The Balaban J connectivity index is 2.65. The van der Waals surface area contributed by atoms with Gasteiger partial charge in [0.25, 0.3) is 3.79 Å². The third-order valence-corrected chi connectivity index (χ3v) is 3.21. The number of allylic oxidation sites excluding steroid dienone is 2. The fraction of sp³-hybridized carbons (Fsp3) is 0.357. The lowest BCUT2D eigenvalue weighted by Crippen LogP contribution is -2.16. The van der Waals surface area contributed by atoms with Crippen LogP contribution in [0.25, 0.3) is 0 Å². The monoisotopic (exact) mass is 336 g/mol. The number of alkyl halides is 3. The van der Waals surface area contributed by atoms with E-state index in [1.165, 1.54) is 13.2 Å². The first-order chi connectivity index (χ1) is 9.36. The normalized spacial score (nSPS) is 12.2. The van der Waals surface area contributed by atoms with E-state index in [4.69, 9.17) is 44.3 Å². The topological polar surface area (TPSA) is 35.5 Å². The molecule has 1 rings (SSSR count). The molecule has 1 aromatic rings. The highest BCUT2D eigenvalue weighted by molar-refractivity contribution is 6.77. The molecule has 0 aliphatic heterocycles. The van der Waals surface area contributed by atoms with Crippen molar-refractivity contribution in [1.29, 1.82) is 0 Å². The number of halogens is 3. The average molecular weight is 338 g/mol. The van der Waals surface area contributed by atoms with Crippen molar-refractivity contribution in [1.82, 2.24) is 0 Å². The lowest BCUT2D eigenvalue weighted by Gasteiger charge is -2.09. The van der Waals surface area contributed by atoms with Crippen molar-refractivity contribution >= 4 is 40.6 Å². The van der Waals surface area contributed by atoms with E-state index in [1.54, 1.807) is 7.11 Å². The van der Waals surface area contributed by atoms with Crippen molar-refractivity contribution in [2.75, 3.05) is 14.2 Å². The number of ketones is 1. The third kappa shape index (κ3) is 5.61. The van der Waals surface area contributed by atoms with Gasteiger partial charge in [0.1, 0.15) is 5.75 Å². The number of hydrogen-bond donors (Lipinski definition) is 0. The second-order valence-electron chi connectivity index (χ2n) is 4.02. The second-order valence-corrected chi connectivity index (χ2v) is 6.31. The molecule has 3 nitrogen and oxygen atoms in total. The average Bonchev–Trinajstić information content (AvgIpc) is 2.42. The summed E-state index contributed by atoms with van der Waals surface area (Å²) >= 11 is 16.5. The molecule has 0 heterocycles. The molecule has 0 atom stereocenters. The zero-order valence-corrected chi connectivity index (χ0v) is 13.4. The van der Waals surface area contributed by atoms with E-state index in [9.17, 15) is 4.79 Å². The third-order valence-electron chi connectivity index (χ3n) is 2.65. The zero-order chi connectivity index (χ0) is 15.2. The van der Waals surface area contributed by atoms with Crippen LogP contribution in [-0.4, -0.2) is 23.8 Å². The van der Waals surface area contributed by atoms with Crippen molar-refractivity contribution < 1.29 is 14.3 Å². The molecule has 0 radical (unpaired) electrons. The summed E-state index contributed by atoms with van der Waals surface area (Å²) in [4.78, 5) is 11.6. The van der Waals surface area contributed by atoms with Gasteiger partial charge in [-0.1, -0.05) is 46.9 Å². The van der Waals surface area contributed by atoms with Crippen LogP contribution in [0.1, 0.15) is 12.0 Å². The molecule has 110 valence electrons. The van der Waals surface area contributed by atoms with Crippen molar-refractivity contribution in [3.05, 3.63) is 41.7 Å². The maximum absolute atomic E-state index is 11.6. The van der Waals surface area contributed by atoms with Crippen LogP contribution in [0.4, 0.5) is 0 Å². The summed E-state index contributed by atoms with van der Waals surface area (Å²) in [5, 5.41) is 0. The molecule has 0 amide bonds. The molecule has 0 aliphatic rings. The predicted molar refractivity (Wildman–Crippen MR) is 81.7 cm³/mol. The summed E-state index contributed by atoms with van der Waals surface area (Å²) in [6, 6.07) is 7.64. The van der Waals surface area contributed by atoms with Gasteiger partial charge in [-0.05, 0) is 24.1 Å². The van der Waals surface area contributed by atoms with Gasteiger partial charge in [0, 0.05) is 12.5 Å². The Hall–Kier alpha value is -0.900. The molecule has 0 fully saturated rings. The van der Waals surface area contributed by atoms with Gasteiger partial charge in [-0.15, -0.1) is 0 Å². The van der Waals surface area contributed by atoms with Gasteiger partial charge >= 0.3 is 0 Å². The number of rotatable bonds is 6. The number of carbonyl (C=O) groups excluding carboxylic acids is 1. The van der Waals surface area contributed by atoms with Crippen molar-refractivity contribution in [3.8, 4) is 5.75 Å². The molecule has 0 aromatic heterocycles. The lowest BCUT2D eigenvalue weighted by molar-refractivity contribution is -0.114. The van der Waals surface area contributed by atoms with Crippen molar-refractivity contribution in [2.24, 2.45) is 0 Å². The maximum Gasteiger partial charge on any atom is 0.252 e. The highest BCUT2D eigenvalue weighted by Gasteiger charge is 2.29. The van der Waals surface area contributed by atoms with Crippen LogP contribution in [0.2, 0.25) is 0 Å². The van der Waals surface area contributed by atoms with Crippen molar-refractivity contribution in [3.63, 3.8) is 0 Å². The summed E-state index contributed by atoms with van der Waals surface area (Å²) in [6.07, 6.45) is 2.46. The molecule has 0 bridgehead atoms. The fourth-order valence-corrected chi connectivity index (χ4v) is 1.68. The minimum atomic E-state index is -1.95. The van der Waals surface area contributed by atoms with Crippen molar-refractivity contribution in [2.45, 2.75) is 16.6 Å². The number of benzene rings is 1. The van der Waals surface area contributed by atoms with E-state index in [1.807, 2.05) is 24.3 Å². The number of carbonyl (C=O) groups is 1. The minimum Gasteiger partial charge on any atom is -0.501 e. The van der Waals surface area contributed by atoms with Gasteiger partial charge in [0.15, 0.2) is 0 Å². The SMILES string of the molecule is CO/C(=C\C(=O)C(Cl)(Cl)Cl)CCc1ccc(OC)cc1. The first kappa shape index (κ1) is 17.2. The van der Waals surface area contributed by atoms with Crippen LogP contribution in [0, 0.1) is 0 Å². The zero-order valence-electron chi connectivity index (χ0n) is 11.2. The smallest absolute Gasteiger partial charge is 0.252 e. The number of aryl methyl sites for hydroxylation is 1. The Morgan fingerprint density at radius 3 is 2.25 bits per heavy atom. The Morgan fingerprint density at radius 1 is 1.20 bits per heavy atom. The quantitative estimate of drug-likeness (QED) is 0.445. The van der Waals surface area contributed by atoms with Crippen LogP contribution < -0.4 is 4.74 Å². The lowest BCUT2D eigenvalue weighted by atomic mass is 10.1. The Bertz CT molecular complexity index is 475. The van der Waals surface area contributed by atoms with E-state index >= 15 is 0 Å². The second kappa shape index (κ2) is 7.77. The van der Waals surface area contributed by atoms with E-state index in [-0.39, 0.29) is 0 Å². The van der Waals surface area contributed by atoms with Gasteiger partial charge in [-0.25, -0.2) is 0 Å². The molecule has 1 aromatic carbocycles. The molecule has 0 spiro atoms. The summed E-state index contributed by atoms with van der Waals surface area (Å²) < 4.78 is 8.25. The number of hydrogen-bond acceptors (Lipinski definition) is 3. The maximum atomic E-state index is 11.6. The molecule has 0 saturated heterocycles. The molecular weight excluding hydrogens is 323 g/mol. The summed E-state index contributed by atoms with van der Waals surface area (Å²) in [7, 11) is 3.09. The molecule has 0 saturated carbocycles. The standard InChI is InChI=1S/C14H15Cl3O3/c1-19-11-6-3-10(4-7-11)5-8-12(20-2)9-13(18)14(15,16)17/h3-4,6-7,9H,5,8H2,1-2H3/b12-9-. The largest absolute Gasteiger partial charge is 0.501 e. The molecule has 0 N–H and O–H groups in total. The van der Waals surface area contributed by atoms with Crippen LogP contribution in [0.5, 0.6) is 5.75 Å².